The summed E-state index contributed by atoms with van der Waals surface area (Å²) in [4.78, 5) is 11.1. The molecule has 0 amide bonds. The van der Waals surface area contributed by atoms with Crippen LogP contribution in [0.1, 0.15) is 110 Å². The van der Waals surface area contributed by atoms with Crippen LogP contribution in [-0.4, -0.2) is 12.1 Å². The lowest BCUT2D eigenvalue weighted by Crippen LogP contribution is -2.26. The lowest BCUT2D eigenvalue weighted by molar-refractivity contribution is -0.148. The van der Waals surface area contributed by atoms with E-state index in [2.05, 4.69) is 19.1 Å². The van der Waals surface area contributed by atoms with E-state index in [1.54, 1.807) is 0 Å². The minimum absolute atomic E-state index is 0.105. The highest BCUT2D eigenvalue weighted by Gasteiger charge is 2.31. The van der Waals surface area contributed by atoms with Crippen molar-refractivity contribution >= 4 is 5.97 Å². The molecule has 3 aliphatic carbocycles. The average Bonchev–Trinajstić information content (AvgIpc) is 2.72. The monoisotopic (exact) mass is 388 g/mol. The minimum atomic E-state index is -0.105. The molecule has 0 aromatic rings. The van der Waals surface area contributed by atoms with E-state index in [1.165, 1.54) is 90.4 Å². The lowest BCUT2D eigenvalue weighted by Gasteiger charge is -2.38. The third kappa shape index (κ3) is 6.92. The molecule has 0 aromatic heterocycles. The second-order valence-electron chi connectivity index (χ2n) is 10.1. The molecule has 0 bridgehead atoms. The van der Waals surface area contributed by atoms with E-state index in [0.29, 0.717) is 0 Å². The number of hydrogen-bond donors (Lipinski definition) is 0. The third-order valence-electron chi connectivity index (χ3n) is 8.13. The highest BCUT2D eigenvalue weighted by Crippen LogP contribution is 2.43. The number of carbonyl (C=O) groups excluding carboxylic acids is 1. The second kappa shape index (κ2) is 11.4. The van der Waals surface area contributed by atoms with Gasteiger partial charge in [0.25, 0.3) is 0 Å². The molecule has 160 valence electrons. The highest BCUT2D eigenvalue weighted by atomic mass is 16.5. The van der Waals surface area contributed by atoms with E-state index >= 15 is 0 Å². The molecular weight excluding hydrogens is 344 g/mol. The van der Waals surface area contributed by atoms with Gasteiger partial charge < -0.3 is 4.74 Å². The van der Waals surface area contributed by atoms with Crippen molar-refractivity contribution in [3.05, 3.63) is 12.2 Å². The van der Waals surface area contributed by atoms with Crippen LogP contribution in [0.5, 0.6) is 0 Å². The lowest BCUT2D eigenvalue weighted by atomic mass is 9.68. The van der Waals surface area contributed by atoms with E-state index in [1.807, 2.05) is 0 Å². The zero-order valence-corrected chi connectivity index (χ0v) is 18.5. The molecule has 3 rings (SSSR count). The molecule has 0 unspecified atom stereocenters. The van der Waals surface area contributed by atoms with Gasteiger partial charge in [0.2, 0.25) is 0 Å². The van der Waals surface area contributed by atoms with Gasteiger partial charge >= 0.3 is 5.97 Å². The molecule has 2 heteroatoms. The highest BCUT2D eigenvalue weighted by molar-refractivity contribution is 5.66. The normalized spacial score (nSPS) is 37.1. The molecule has 3 fully saturated rings. The zero-order chi connectivity index (χ0) is 19.8. The summed E-state index contributed by atoms with van der Waals surface area (Å²) in [6, 6.07) is 0. The molecule has 3 aliphatic rings. The van der Waals surface area contributed by atoms with Crippen LogP contribution in [0.15, 0.2) is 12.2 Å². The van der Waals surface area contributed by atoms with Gasteiger partial charge in [-0.2, -0.15) is 0 Å². The van der Waals surface area contributed by atoms with Crippen molar-refractivity contribution in [2.24, 2.45) is 29.6 Å². The van der Waals surface area contributed by atoms with E-state index in [4.69, 9.17) is 4.74 Å². The van der Waals surface area contributed by atoms with Crippen LogP contribution < -0.4 is 0 Å². The molecule has 0 saturated heterocycles. The smallest absolute Gasteiger partial charge is 0.302 e. The fourth-order valence-electron chi connectivity index (χ4n) is 6.33. The number of carbonyl (C=O) groups is 1. The summed E-state index contributed by atoms with van der Waals surface area (Å²) in [6.07, 6.45) is 25.7. The maximum Gasteiger partial charge on any atom is 0.302 e. The Hall–Kier alpha value is -0.790. The molecule has 0 aliphatic heterocycles. The minimum Gasteiger partial charge on any atom is -0.463 e. The first kappa shape index (κ1) is 21.9. The van der Waals surface area contributed by atoms with Gasteiger partial charge in [0.1, 0.15) is 6.10 Å². The Labute approximate surface area is 173 Å². The van der Waals surface area contributed by atoms with E-state index in [0.717, 1.165) is 42.4 Å². The van der Waals surface area contributed by atoms with Crippen LogP contribution in [0.3, 0.4) is 0 Å². The quantitative estimate of drug-likeness (QED) is 0.334. The van der Waals surface area contributed by atoms with Crippen molar-refractivity contribution in [2.45, 2.75) is 116 Å². The van der Waals surface area contributed by atoms with Crippen LogP contribution >= 0.6 is 0 Å². The molecule has 2 nitrogen and oxygen atoms in total. The molecule has 0 radical (unpaired) electrons. The Morgan fingerprint density at radius 1 is 0.786 bits per heavy atom. The maximum absolute atomic E-state index is 11.1. The summed E-state index contributed by atoms with van der Waals surface area (Å²) in [5, 5.41) is 0. The van der Waals surface area contributed by atoms with E-state index in [-0.39, 0.29) is 12.1 Å². The maximum atomic E-state index is 11.1. The Morgan fingerprint density at radius 2 is 1.29 bits per heavy atom. The van der Waals surface area contributed by atoms with Crippen molar-refractivity contribution in [2.75, 3.05) is 0 Å². The SMILES string of the molecule is CC/C=C/C1CCC(C2CCC(CCC3CCC(OC(C)=O)CC3)CC2)CC1. The summed E-state index contributed by atoms with van der Waals surface area (Å²) in [5.74, 6) is 4.71. The van der Waals surface area contributed by atoms with Crippen molar-refractivity contribution in [3.8, 4) is 0 Å². The summed E-state index contributed by atoms with van der Waals surface area (Å²) in [7, 11) is 0. The standard InChI is InChI=1S/C26H44O2/c1-3-4-5-21-8-14-24(15-9-21)25-16-10-22(11-17-25)6-7-23-12-18-26(19-13-23)28-20(2)27/h4-5,21-26H,3,6-19H2,1-2H3/b5-4+. The Bertz CT molecular complexity index is 473. The van der Waals surface area contributed by atoms with Gasteiger partial charge in [0.05, 0.1) is 0 Å². The largest absolute Gasteiger partial charge is 0.463 e. The molecule has 0 N–H and O–H groups in total. The van der Waals surface area contributed by atoms with Crippen LogP contribution in [0.2, 0.25) is 0 Å². The molecular formula is C26H44O2. The summed E-state index contributed by atoms with van der Waals surface area (Å²) >= 11 is 0. The molecule has 0 spiro atoms. The predicted octanol–water partition coefficient (Wildman–Crippen LogP) is 7.47. The fraction of sp³-hybridized carbons (Fsp3) is 0.885. The van der Waals surface area contributed by atoms with Gasteiger partial charge in [0, 0.05) is 6.92 Å². The topological polar surface area (TPSA) is 26.3 Å². The predicted molar refractivity (Wildman–Crippen MR) is 117 cm³/mol. The molecule has 0 heterocycles. The summed E-state index contributed by atoms with van der Waals surface area (Å²) in [5.41, 5.74) is 0. The van der Waals surface area contributed by atoms with E-state index in [9.17, 15) is 4.79 Å². The zero-order valence-electron chi connectivity index (χ0n) is 18.5. The van der Waals surface area contributed by atoms with Crippen molar-refractivity contribution < 1.29 is 9.53 Å². The van der Waals surface area contributed by atoms with Crippen LogP contribution in [0, 0.1) is 29.6 Å². The average molecular weight is 389 g/mol. The first-order valence-electron chi connectivity index (χ1n) is 12.5. The number of esters is 1. The van der Waals surface area contributed by atoms with Gasteiger partial charge in [-0.05, 0) is 100 Å². The van der Waals surface area contributed by atoms with Gasteiger partial charge in [-0.1, -0.05) is 44.8 Å². The van der Waals surface area contributed by atoms with Gasteiger partial charge in [-0.3, -0.25) is 4.79 Å². The van der Waals surface area contributed by atoms with Gasteiger partial charge in [-0.25, -0.2) is 0 Å². The number of ether oxygens (including phenoxy) is 1. The molecule has 28 heavy (non-hydrogen) atoms. The van der Waals surface area contributed by atoms with Crippen molar-refractivity contribution in [1.82, 2.24) is 0 Å². The Kier molecular flexibility index (Phi) is 8.93. The number of hydrogen-bond acceptors (Lipinski definition) is 2. The van der Waals surface area contributed by atoms with Crippen molar-refractivity contribution in [1.29, 1.82) is 0 Å². The number of rotatable bonds is 7. The van der Waals surface area contributed by atoms with Gasteiger partial charge in [0.15, 0.2) is 0 Å². The fourth-order valence-corrected chi connectivity index (χ4v) is 6.33. The first-order valence-corrected chi connectivity index (χ1v) is 12.5. The van der Waals surface area contributed by atoms with E-state index < -0.39 is 0 Å². The molecule has 0 atom stereocenters. The first-order chi connectivity index (χ1) is 13.6. The van der Waals surface area contributed by atoms with Crippen molar-refractivity contribution in [3.63, 3.8) is 0 Å². The third-order valence-corrected chi connectivity index (χ3v) is 8.13. The molecule has 3 saturated carbocycles. The summed E-state index contributed by atoms with van der Waals surface area (Å²) < 4.78 is 5.39. The van der Waals surface area contributed by atoms with Crippen LogP contribution in [-0.2, 0) is 9.53 Å². The van der Waals surface area contributed by atoms with Gasteiger partial charge in [-0.15, -0.1) is 0 Å². The Morgan fingerprint density at radius 3 is 1.79 bits per heavy atom. The number of allylic oxidation sites excluding steroid dienone is 2. The second-order valence-corrected chi connectivity index (χ2v) is 10.1. The van der Waals surface area contributed by atoms with Crippen LogP contribution in [0.25, 0.3) is 0 Å². The molecule has 0 aromatic carbocycles. The Balaban J connectivity index is 1.28. The summed E-state index contributed by atoms with van der Waals surface area (Å²) in [6.45, 7) is 3.78. The van der Waals surface area contributed by atoms with Crippen LogP contribution in [0.4, 0.5) is 0 Å².